The molecule has 2 aromatic heterocycles. The number of anilines is 1. The van der Waals surface area contributed by atoms with E-state index in [4.69, 9.17) is 5.73 Å². The number of hydrogen-bond donors (Lipinski definition) is 2. The van der Waals surface area contributed by atoms with Crippen LogP contribution in [0.25, 0.3) is 11.0 Å². The number of primary amides is 1. The third-order valence-electron chi connectivity index (χ3n) is 6.41. The Morgan fingerprint density at radius 1 is 1.25 bits per heavy atom. The van der Waals surface area contributed by atoms with Gasteiger partial charge in [0.25, 0.3) is 12.0 Å². The Balaban J connectivity index is 1.71. The van der Waals surface area contributed by atoms with Crippen LogP contribution in [0.15, 0.2) is 39.8 Å². The van der Waals surface area contributed by atoms with E-state index >= 15 is 0 Å². The van der Waals surface area contributed by atoms with Crippen LogP contribution in [0.2, 0.25) is 0 Å². The number of alkyl halides is 2. The van der Waals surface area contributed by atoms with Crippen molar-refractivity contribution in [3.8, 4) is 0 Å². The predicted octanol–water partition coefficient (Wildman–Crippen LogP) is 4.00. The molecule has 1 aliphatic rings. The Bertz CT molecular complexity index is 1500. The van der Waals surface area contributed by atoms with Gasteiger partial charge in [-0.1, -0.05) is 18.2 Å². The van der Waals surface area contributed by atoms with Crippen molar-refractivity contribution in [1.82, 2.24) is 14.5 Å². The fraction of sp³-hybridized carbons (Fsp3) is 0.391. The Hall–Kier alpha value is -3.48. The van der Waals surface area contributed by atoms with E-state index in [1.165, 1.54) is 23.0 Å². The van der Waals surface area contributed by atoms with Gasteiger partial charge in [0.15, 0.2) is 0 Å². The maximum Gasteiger partial charge on any atom is 0.346 e. The van der Waals surface area contributed by atoms with Gasteiger partial charge in [0, 0.05) is 29.7 Å². The number of fused-ring (bicyclic) bond motifs is 1. The van der Waals surface area contributed by atoms with E-state index < -0.39 is 39.6 Å². The number of nitrogens with one attached hydrogen (secondary N) is 1. The number of rotatable bonds is 5. The van der Waals surface area contributed by atoms with E-state index in [0.717, 1.165) is 6.07 Å². The second-order valence-electron chi connectivity index (χ2n) is 8.73. The van der Waals surface area contributed by atoms with Crippen LogP contribution in [0, 0.1) is 5.82 Å². The summed E-state index contributed by atoms with van der Waals surface area (Å²) in [4.78, 5) is 32.7. The van der Waals surface area contributed by atoms with Crippen molar-refractivity contribution in [2.24, 2.45) is 17.1 Å². The number of hydrogen-bond acceptors (Lipinski definition) is 6. The van der Waals surface area contributed by atoms with Crippen LogP contribution in [-0.4, -0.2) is 36.3 Å². The highest BCUT2D eigenvalue weighted by Crippen LogP contribution is 2.33. The minimum Gasteiger partial charge on any atom is -0.363 e. The quantitative estimate of drug-likeness (QED) is 0.521. The standard InChI is InChI=1S/C23H25F3N6O3S/c1-12(14-4-3-5-15(18(14)24)19(25)26)30-20-17-10-16(22(33)32(2)21(17)29-11-28-20)13-6-8-36(35,9-7-13)31-23(27)34/h3-5,10-13,19H,6-9H2,1-2H3,(H2,27,34)(H,28,29,30)/t12-,13?,36?/m1/s1. The van der Waals surface area contributed by atoms with Gasteiger partial charge in [-0.15, -0.1) is 4.36 Å². The molecule has 1 saturated heterocycles. The summed E-state index contributed by atoms with van der Waals surface area (Å²) in [5.74, 6) is -0.665. The smallest absolute Gasteiger partial charge is 0.346 e. The number of amides is 2. The van der Waals surface area contributed by atoms with Crippen LogP contribution in [-0.2, 0) is 16.8 Å². The number of nitrogens with two attached hydrogens (primary N) is 1. The largest absolute Gasteiger partial charge is 0.363 e. The Labute approximate surface area is 205 Å². The van der Waals surface area contributed by atoms with Gasteiger partial charge in [-0.3, -0.25) is 9.36 Å². The van der Waals surface area contributed by atoms with Crippen molar-refractivity contribution in [3.63, 3.8) is 0 Å². The molecule has 0 radical (unpaired) electrons. The van der Waals surface area contributed by atoms with Gasteiger partial charge in [0.2, 0.25) is 0 Å². The average molecular weight is 523 g/mol. The van der Waals surface area contributed by atoms with E-state index in [0.29, 0.717) is 35.3 Å². The molecule has 0 spiro atoms. The minimum atomic E-state index is -2.95. The summed E-state index contributed by atoms with van der Waals surface area (Å²) < 4.78 is 58.7. The lowest BCUT2D eigenvalue weighted by atomic mass is 9.94. The van der Waals surface area contributed by atoms with E-state index in [-0.39, 0.29) is 28.5 Å². The van der Waals surface area contributed by atoms with Crippen LogP contribution < -0.4 is 16.6 Å². The summed E-state index contributed by atoms with van der Waals surface area (Å²) in [6.45, 7) is 1.62. The summed E-state index contributed by atoms with van der Waals surface area (Å²) in [7, 11) is -1.18. The van der Waals surface area contributed by atoms with Crippen molar-refractivity contribution in [2.45, 2.75) is 38.2 Å². The highest BCUT2D eigenvalue weighted by molar-refractivity contribution is 7.93. The first kappa shape index (κ1) is 25.6. The topological polar surface area (TPSA) is 132 Å². The molecule has 1 fully saturated rings. The zero-order chi connectivity index (χ0) is 26.2. The van der Waals surface area contributed by atoms with Gasteiger partial charge in [-0.2, -0.15) is 0 Å². The van der Waals surface area contributed by atoms with Gasteiger partial charge >= 0.3 is 6.03 Å². The molecule has 192 valence electrons. The molecule has 1 atom stereocenters. The van der Waals surface area contributed by atoms with Crippen molar-refractivity contribution in [2.75, 3.05) is 16.8 Å². The number of aromatic nitrogens is 3. The Kier molecular flexibility index (Phi) is 7.03. The van der Waals surface area contributed by atoms with E-state index in [1.807, 2.05) is 0 Å². The van der Waals surface area contributed by atoms with Gasteiger partial charge in [0.05, 0.1) is 26.7 Å². The van der Waals surface area contributed by atoms with Crippen molar-refractivity contribution in [3.05, 3.63) is 63.5 Å². The average Bonchev–Trinajstić information content (AvgIpc) is 2.81. The monoisotopic (exact) mass is 522 g/mol. The van der Waals surface area contributed by atoms with E-state index in [2.05, 4.69) is 19.6 Å². The predicted molar refractivity (Wildman–Crippen MR) is 130 cm³/mol. The summed E-state index contributed by atoms with van der Waals surface area (Å²) >= 11 is 0. The molecule has 0 bridgehead atoms. The van der Waals surface area contributed by atoms with Crippen molar-refractivity contribution >= 4 is 32.6 Å². The lowest BCUT2D eigenvalue weighted by molar-refractivity contribution is 0.146. The number of carbonyl (C=O) groups is 1. The maximum atomic E-state index is 14.7. The lowest BCUT2D eigenvalue weighted by Gasteiger charge is -2.25. The molecule has 3 N–H and O–H groups in total. The van der Waals surface area contributed by atoms with Gasteiger partial charge in [0.1, 0.15) is 23.6 Å². The highest BCUT2D eigenvalue weighted by Gasteiger charge is 2.28. The van der Waals surface area contributed by atoms with Crippen LogP contribution in [0.4, 0.5) is 23.8 Å². The fourth-order valence-electron chi connectivity index (χ4n) is 4.52. The van der Waals surface area contributed by atoms with E-state index in [9.17, 15) is 27.0 Å². The first-order valence-corrected chi connectivity index (χ1v) is 13.1. The van der Waals surface area contributed by atoms with Gasteiger partial charge in [-0.05, 0) is 31.7 Å². The summed E-state index contributed by atoms with van der Waals surface area (Å²) in [5.41, 5.74) is 4.95. The van der Waals surface area contributed by atoms with Crippen LogP contribution in [0.3, 0.4) is 0 Å². The second-order valence-corrected chi connectivity index (χ2v) is 11.3. The molecule has 2 amide bonds. The molecule has 3 heterocycles. The number of carbonyl (C=O) groups excluding carboxylic acids is 1. The van der Waals surface area contributed by atoms with Crippen LogP contribution >= 0.6 is 0 Å². The molecule has 0 unspecified atom stereocenters. The number of halogens is 3. The summed E-state index contributed by atoms with van der Waals surface area (Å²) in [5, 5.41) is 3.54. The molecule has 0 aliphatic carbocycles. The van der Waals surface area contributed by atoms with Gasteiger partial charge in [-0.25, -0.2) is 32.1 Å². The maximum absolute atomic E-state index is 14.7. The third-order valence-corrected chi connectivity index (χ3v) is 8.67. The Morgan fingerprint density at radius 3 is 2.56 bits per heavy atom. The van der Waals surface area contributed by atoms with Crippen LogP contribution in [0.1, 0.15) is 54.8 Å². The van der Waals surface area contributed by atoms with Crippen LogP contribution in [0.5, 0.6) is 0 Å². The number of nitrogens with zero attached hydrogens (tertiary/aromatic N) is 4. The van der Waals surface area contributed by atoms with Gasteiger partial charge < -0.3 is 11.1 Å². The molecule has 0 saturated carbocycles. The molecular formula is C23H25F3N6O3S. The fourth-order valence-corrected chi connectivity index (χ4v) is 6.54. The molecule has 36 heavy (non-hydrogen) atoms. The molecule has 1 aliphatic heterocycles. The zero-order valence-corrected chi connectivity index (χ0v) is 20.4. The van der Waals surface area contributed by atoms with E-state index in [1.54, 1.807) is 20.0 Å². The summed E-state index contributed by atoms with van der Waals surface area (Å²) in [6, 6.07) is 3.78. The van der Waals surface area contributed by atoms with Crippen molar-refractivity contribution in [1.29, 1.82) is 0 Å². The second kappa shape index (κ2) is 9.88. The third kappa shape index (κ3) is 4.92. The minimum absolute atomic E-state index is 0.0462. The van der Waals surface area contributed by atoms with Crippen molar-refractivity contribution < 1.29 is 22.2 Å². The number of pyridine rings is 1. The number of urea groups is 1. The molecule has 9 nitrogen and oxygen atoms in total. The molecule has 3 aromatic rings. The first-order chi connectivity index (χ1) is 17.0. The molecule has 4 rings (SSSR count). The number of benzene rings is 1. The highest BCUT2D eigenvalue weighted by atomic mass is 32.2. The number of aryl methyl sites for hydroxylation is 1. The first-order valence-electron chi connectivity index (χ1n) is 11.2. The summed E-state index contributed by atoms with van der Waals surface area (Å²) in [6.07, 6.45) is -0.956. The normalized spacial score (nSPS) is 20.9. The Morgan fingerprint density at radius 2 is 1.92 bits per heavy atom. The molecule has 13 heteroatoms. The zero-order valence-electron chi connectivity index (χ0n) is 19.6. The SMILES string of the molecule is C[C@@H](Nc1ncnc2c1cc(C1CCS(=O)(=NC(N)=O)CC1)c(=O)n2C)c1cccc(C(F)F)c1F. The lowest BCUT2D eigenvalue weighted by Crippen LogP contribution is -2.30. The molecule has 1 aromatic carbocycles. The molecular weight excluding hydrogens is 497 g/mol.